The van der Waals surface area contributed by atoms with E-state index in [2.05, 4.69) is 5.10 Å². The maximum atomic E-state index is 11.3. The number of aliphatic hydroxyl groups excluding tert-OH is 1. The number of aromatic nitrogens is 2. The number of hydrogen-bond acceptors (Lipinski definition) is 3. The van der Waals surface area contributed by atoms with Gasteiger partial charge >= 0.3 is 0 Å². The number of rotatable bonds is 2. The highest BCUT2D eigenvalue weighted by molar-refractivity contribution is 6.06. The van der Waals surface area contributed by atoms with E-state index in [9.17, 15) is 9.90 Å². The molecule has 1 unspecified atom stereocenters. The molecule has 15 heavy (non-hydrogen) atoms. The summed E-state index contributed by atoms with van der Waals surface area (Å²) in [5.74, 6) is 0.00532. The first-order valence-corrected chi connectivity index (χ1v) is 4.76. The molecule has 0 aliphatic rings. The van der Waals surface area contributed by atoms with Crippen molar-refractivity contribution in [2.24, 2.45) is 0 Å². The van der Waals surface area contributed by atoms with Crippen molar-refractivity contribution in [1.29, 1.82) is 0 Å². The van der Waals surface area contributed by atoms with E-state index in [-0.39, 0.29) is 5.78 Å². The summed E-state index contributed by atoms with van der Waals surface area (Å²) in [4.78, 5) is 11.3. The first-order valence-electron chi connectivity index (χ1n) is 4.76. The Morgan fingerprint density at radius 3 is 2.87 bits per heavy atom. The summed E-state index contributed by atoms with van der Waals surface area (Å²) in [6.45, 7) is 3.15. The minimum Gasteiger partial charge on any atom is -0.372 e. The van der Waals surface area contributed by atoms with Gasteiger partial charge in [-0.2, -0.15) is 5.10 Å². The Bertz CT molecular complexity index is 514. The third-order valence-corrected chi connectivity index (χ3v) is 2.37. The predicted octanol–water partition coefficient (Wildman–Crippen LogP) is 1.75. The second kappa shape index (κ2) is 3.47. The lowest BCUT2D eigenvalue weighted by atomic mass is 10.1. The molecule has 0 fully saturated rings. The van der Waals surface area contributed by atoms with Crippen LogP contribution in [-0.2, 0) is 0 Å². The van der Waals surface area contributed by atoms with Crippen molar-refractivity contribution < 1.29 is 9.90 Å². The predicted molar refractivity (Wildman–Crippen MR) is 56.7 cm³/mol. The Morgan fingerprint density at radius 2 is 2.27 bits per heavy atom. The Kier molecular flexibility index (Phi) is 2.28. The van der Waals surface area contributed by atoms with Crippen LogP contribution < -0.4 is 0 Å². The van der Waals surface area contributed by atoms with Crippen molar-refractivity contribution in [3.63, 3.8) is 0 Å². The Labute approximate surface area is 87.1 Å². The van der Waals surface area contributed by atoms with Gasteiger partial charge in [0.25, 0.3) is 0 Å². The zero-order chi connectivity index (χ0) is 11.0. The Balaban J connectivity index is 2.74. The van der Waals surface area contributed by atoms with E-state index in [0.29, 0.717) is 5.56 Å². The minimum atomic E-state index is -0.690. The summed E-state index contributed by atoms with van der Waals surface area (Å²) in [7, 11) is 0. The smallest absolute Gasteiger partial charge is 0.160 e. The van der Waals surface area contributed by atoms with Crippen LogP contribution in [-0.4, -0.2) is 20.7 Å². The second-order valence-electron chi connectivity index (χ2n) is 3.52. The highest BCUT2D eigenvalue weighted by Gasteiger charge is 2.11. The summed E-state index contributed by atoms with van der Waals surface area (Å²) in [6.07, 6.45) is 0.920. The summed E-state index contributed by atoms with van der Waals surface area (Å²) in [5.41, 5.74) is 1.41. The summed E-state index contributed by atoms with van der Waals surface area (Å²) < 4.78 is 1.49. The van der Waals surface area contributed by atoms with E-state index >= 15 is 0 Å². The van der Waals surface area contributed by atoms with Crippen molar-refractivity contribution in [2.45, 2.75) is 20.1 Å². The molecule has 2 rings (SSSR count). The van der Waals surface area contributed by atoms with Crippen LogP contribution >= 0.6 is 0 Å². The lowest BCUT2D eigenvalue weighted by Crippen LogP contribution is -2.05. The Morgan fingerprint density at radius 1 is 1.53 bits per heavy atom. The van der Waals surface area contributed by atoms with E-state index in [1.165, 1.54) is 11.6 Å². The molecule has 0 saturated carbocycles. The van der Waals surface area contributed by atoms with Gasteiger partial charge in [-0.1, -0.05) is 12.1 Å². The number of Topliss-reactive ketones (excluding diaryl/α,β-unsaturated/α-hetero) is 1. The molecule has 1 heterocycles. The fraction of sp³-hybridized carbons (Fsp3) is 0.273. The van der Waals surface area contributed by atoms with Gasteiger partial charge in [-0.15, -0.1) is 0 Å². The summed E-state index contributed by atoms with van der Waals surface area (Å²) in [5, 5.41) is 14.3. The van der Waals surface area contributed by atoms with Crippen molar-refractivity contribution in [1.82, 2.24) is 9.78 Å². The first-order chi connectivity index (χ1) is 7.11. The molecule has 1 atom stereocenters. The minimum absolute atomic E-state index is 0.00532. The van der Waals surface area contributed by atoms with Crippen LogP contribution in [0.1, 0.15) is 30.4 Å². The average Bonchev–Trinajstić information content (AvgIpc) is 2.59. The van der Waals surface area contributed by atoms with Crippen molar-refractivity contribution in [2.75, 3.05) is 0 Å². The van der Waals surface area contributed by atoms with Gasteiger partial charge < -0.3 is 5.11 Å². The van der Waals surface area contributed by atoms with E-state index in [1.807, 2.05) is 6.07 Å². The molecule has 0 aliphatic carbocycles. The summed E-state index contributed by atoms with van der Waals surface area (Å²) in [6, 6.07) is 5.39. The van der Waals surface area contributed by atoms with Crippen LogP contribution in [0.5, 0.6) is 0 Å². The van der Waals surface area contributed by atoms with Crippen LogP contribution in [0.3, 0.4) is 0 Å². The zero-order valence-corrected chi connectivity index (χ0v) is 8.64. The molecule has 1 aromatic carbocycles. The van der Waals surface area contributed by atoms with Gasteiger partial charge in [0, 0.05) is 10.9 Å². The Hall–Kier alpha value is -1.68. The molecule has 0 bridgehead atoms. The number of carbonyl (C=O) groups is 1. The normalized spacial score (nSPS) is 13.0. The lowest BCUT2D eigenvalue weighted by molar-refractivity contribution is 0.101. The van der Waals surface area contributed by atoms with Crippen LogP contribution in [0, 0.1) is 0 Å². The van der Waals surface area contributed by atoms with E-state index in [0.717, 1.165) is 10.9 Å². The molecular weight excluding hydrogens is 192 g/mol. The number of hydrogen-bond donors (Lipinski definition) is 1. The largest absolute Gasteiger partial charge is 0.372 e. The quantitative estimate of drug-likeness (QED) is 0.758. The number of aliphatic hydroxyl groups is 1. The molecule has 0 saturated heterocycles. The van der Waals surface area contributed by atoms with Gasteiger partial charge in [0.1, 0.15) is 6.23 Å². The lowest BCUT2D eigenvalue weighted by Gasteiger charge is -2.06. The van der Waals surface area contributed by atoms with Gasteiger partial charge in [-0.05, 0) is 19.9 Å². The van der Waals surface area contributed by atoms with Crippen LogP contribution in [0.4, 0.5) is 0 Å². The molecule has 1 aromatic heterocycles. The number of nitrogens with zero attached hydrogens (tertiary/aromatic N) is 2. The van der Waals surface area contributed by atoms with Crippen LogP contribution in [0.25, 0.3) is 10.9 Å². The van der Waals surface area contributed by atoms with E-state index in [1.54, 1.807) is 25.3 Å². The van der Waals surface area contributed by atoms with E-state index < -0.39 is 6.23 Å². The van der Waals surface area contributed by atoms with Crippen molar-refractivity contribution in [3.05, 3.63) is 30.0 Å². The fourth-order valence-corrected chi connectivity index (χ4v) is 1.68. The highest BCUT2D eigenvalue weighted by Crippen LogP contribution is 2.20. The number of fused-ring (bicyclic) bond motifs is 1. The monoisotopic (exact) mass is 204 g/mol. The highest BCUT2D eigenvalue weighted by atomic mass is 16.3. The zero-order valence-electron chi connectivity index (χ0n) is 8.64. The molecule has 1 N–H and O–H groups in total. The van der Waals surface area contributed by atoms with Gasteiger partial charge in [-0.3, -0.25) is 4.79 Å². The summed E-state index contributed by atoms with van der Waals surface area (Å²) >= 11 is 0. The molecule has 0 aliphatic heterocycles. The van der Waals surface area contributed by atoms with Crippen molar-refractivity contribution >= 4 is 16.7 Å². The molecule has 0 amide bonds. The molecule has 78 valence electrons. The van der Waals surface area contributed by atoms with Gasteiger partial charge in [0.05, 0.1) is 11.7 Å². The topological polar surface area (TPSA) is 55.1 Å². The second-order valence-corrected chi connectivity index (χ2v) is 3.52. The third-order valence-electron chi connectivity index (χ3n) is 2.37. The molecule has 2 aromatic rings. The SMILES string of the molecule is CC(=O)c1cccc2c1cnn2C(C)O. The van der Waals surface area contributed by atoms with Gasteiger partial charge in [-0.25, -0.2) is 4.68 Å². The fourth-order valence-electron chi connectivity index (χ4n) is 1.68. The molecule has 4 heteroatoms. The maximum Gasteiger partial charge on any atom is 0.160 e. The molecular formula is C11H12N2O2. The van der Waals surface area contributed by atoms with Crippen LogP contribution in [0.15, 0.2) is 24.4 Å². The molecule has 0 spiro atoms. The molecule has 0 radical (unpaired) electrons. The molecule has 4 nitrogen and oxygen atoms in total. The van der Waals surface area contributed by atoms with Gasteiger partial charge in [0.2, 0.25) is 0 Å². The van der Waals surface area contributed by atoms with Gasteiger partial charge in [0.15, 0.2) is 5.78 Å². The number of benzene rings is 1. The number of carbonyl (C=O) groups excluding carboxylic acids is 1. The average molecular weight is 204 g/mol. The third kappa shape index (κ3) is 1.53. The maximum absolute atomic E-state index is 11.3. The van der Waals surface area contributed by atoms with Crippen molar-refractivity contribution in [3.8, 4) is 0 Å². The number of ketones is 1. The van der Waals surface area contributed by atoms with Crippen LogP contribution in [0.2, 0.25) is 0 Å². The van der Waals surface area contributed by atoms with E-state index in [4.69, 9.17) is 0 Å². The first kappa shape index (κ1) is 9.86. The standard InChI is InChI=1S/C11H12N2O2/c1-7(14)9-4-3-5-11-10(9)6-12-13(11)8(2)15/h3-6,8,15H,1-2H3.